The third-order valence-electron chi connectivity index (χ3n) is 5.41. The average molecular weight is 363 g/mol. The second-order valence-electron chi connectivity index (χ2n) is 7.36. The molecule has 2 aromatic rings. The number of benzene rings is 2. The number of rotatable bonds is 5. The number of carbonyl (C=O) groups excluding carboxylic acids is 2. The van der Waals surface area contributed by atoms with Gasteiger partial charge in [0.1, 0.15) is 0 Å². The molecule has 0 aliphatic carbocycles. The van der Waals surface area contributed by atoms with E-state index in [9.17, 15) is 9.59 Å². The molecule has 2 fully saturated rings. The van der Waals surface area contributed by atoms with Crippen molar-refractivity contribution in [3.05, 3.63) is 60.2 Å². The number of nitrogens with one attached hydrogen (secondary N) is 1. The number of nitrogens with zero attached hydrogens (tertiary/aromatic N) is 2. The molecule has 5 nitrogen and oxygen atoms in total. The SMILES string of the molecule is O=C(Nc1ccccc1N1CCCC1)[C@@H]1CC(=O)N(Cc2ccccc2)C1. The van der Waals surface area contributed by atoms with Gasteiger partial charge in [0.25, 0.3) is 0 Å². The van der Waals surface area contributed by atoms with Gasteiger partial charge in [-0.05, 0) is 30.5 Å². The molecule has 0 aromatic heterocycles. The van der Waals surface area contributed by atoms with E-state index in [4.69, 9.17) is 0 Å². The van der Waals surface area contributed by atoms with Crippen molar-refractivity contribution >= 4 is 23.2 Å². The van der Waals surface area contributed by atoms with Crippen LogP contribution in [0.4, 0.5) is 11.4 Å². The van der Waals surface area contributed by atoms with E-state index in [0.717, 1.165) is 30.0 Å². The smallest absolute Gasteiger partial charge is 0.229 e. The third kappa shape index (κ3) is 3.97. The maximum atomic E-state index is 12.8. The minimum absolute atomic E-state index is 0.0480. The van der Waals surface area contributed by atoms with E-state index in [1.807, 2.05) is 48.5 Å². The highest BCUT2D eigenvalue weighted by Gasteiger charge is 2.34. The molecule has 2 amide bonds. The van der Waals surface area contributed by atoms with Crippen molar-refractivity contribution in [3.8, 4) is 0 Å². The number of para-hydroxylation sites is 2. The zero-order valence-electron chi connectivity index (χ0n) is 15.4. The first-order valence-corrected chi connectivity index (χ1v) is 9.67. The van der Waals surface area contributed by atoms with Gasteiger partial charge in [-0.25, -0.2) is 0 Å². The van der Waals surface area contributed by atoms with Crippen LogP contribution in [0.25, 0.3) is 0 Å². The summed E-state index contributed by atoms with van der Waals surface area (Å²) in [5.74, 6) is -0.315. The van der Waals surface area contributed by atoms with Crippen LogP contribution in [-0.4, -0.2) is 36.3 Å². The van der Waals surface area contributed by atoms with E-state index < -0.39 is 0 Å². The van der Waals surface area contributed by atoms with Crippen molar-refractivity contribution in [2.75, 3.05) is 29.9 Å². The van der Waals surface area contributed by atoms with Crippen LogP contribution in [0.2, 0.25) is 0 Å². The fourth-order valence-corrected chi connectivity index (χ4v) is 3.95. The molecule has 2 aliphatic heterocycles. The van der Waals surface area contributed by atoms with Gasteiger partial charge in [0, 0.05) is 32.6 Å². The molecule has 2 aromatic carbocycles. The van der Waals surface area contributed by atoms with Gasteiger partial charge in [0.15, 0.2) is 0 Å². The lowest BCUT2D eigenvalue weighted by Gasteiger charge is -2.22. The molecular weight excluding hydrogens is 338 g/mol. The van der Waals surface area contributed by atoms with E-state index in [2.05, 4.69) is 16.3 Å². The number of hydrogen-bond acceptors (Lipinski definition) is 3. The second kappa shape index (κ2) is 7.82. The molecule has 0 saturated carbocycles. The summed E-state index contributed by atoms with van der Waals surface area (Å²) in [6, 6.07) is 17.9. The Kier molecular flexibility index (Phi) is 5.10. The van der Waals surface area contributed by atoms with Crippen LogP contribution in [0, 0.1) is 5.92 Å². The topological polar surface area (TPSA) is 52.7 Å². The summed E-state index contributed by atoms with van der Waals surface area (Å²) in [5.41, 5.74) is 3.01. The average Bonchev–Trinajstić information content (AvgIpc) is 3.34. The highest BCUT2D eigenvalue weighted by molar-refractivity contribution is 5.99. The molecule has 4 rings (SSSR count). The first kappa shape index (κ1) is 17.6. The monoisotopic (exact) mass is 363 g/mol. The molecular formula is C22H25N3O2. The molecule has 0 unspecified atom stereocenters. The van der Waals surface area contributed by atoms with Gasteiger partial charge in [-0.2, -0.15) is 0 Å². The summed E-state index contributed by atoms with van der Waals surface area (Å²) in [7, 11) is 0. The number of carbonyl (C=O) groups is 2. The Hall–Kier alpha value is -2.82. The number of hydrogen-bond donors (Lipinski definition) is 1. The summed E-state index contributed by atoms with van der Waals surface area (Å²) in [6.07, 6.45) is 2.66. The highest BCUT2D eigenvalue weighted by atomic mass is 16.2. The van der Waals surface area contributed by atoms with Crippen molar-refractivity contribution in [1.29, 1.82) is 0 Å². The van der Waals surface area contributed by atoms with Gasteiger partial charge in [0.2, 0.25) is 11.8 Å². The first-order valence-electron chi connectivity index (χ1n) is 9.67. The van der Waals surface area contributed by atoms with Gasteiger partial charge in [-0.3, -0.25) is 9.59 Å². The summed E-state index contributed by atoms with van der Waals surface area (Å²) in [4.78, 5) is 29.3. The van der Waals surface area contributed by atoms with Crippen LogP contribution in [0.1, 0.15) is 24.8 Å². The zero-order valence-corrected chi connectivity index (χ0v) is 15.4. The lowest BCUT2D eigenvalue weighted by Crippen LogP contribution is -2.28. The summed E-state index contributed by atoms with van der Waals surface area (Å²) in [6.45, 7) is 3.10. The molecule has 140 valence electrons. The molecule has 0 radical (unpaired) electrons. The first-order chi connectivity index (χ1) is 13.2. The Morgan fingerprint density at radius 3 is 2.48 bits per heavy atom. The minimum atomic E-state index is -0.298. The third-order valence-corrected chi connectivity index (χ3v) is 5.41. The van der Waals surface area contributed by atoms with Gasteiger partial charge in [-0.1, -0.05) is 42.5 Å². The van der Waals surface area contributed by atoms with E-state index in [1.165, 1.54) is 12.8 Å². The molecule has 2 heterocycles. The Labute approximate surface area is 160 Å². The quantitative estimate of drug-likeness (QED) is 0.887. The van der Waals surface area contributed by atoms with Crippen molar-refractivity contribution in [2.45, 2.75) is 25.8 Å². The summed E-state index contributed by atoms with van der Waals surface area (Å²) < 4.78 is 0. The van der Waals surface area contributed by atoms with Gasteiger partial charge in [-0.15, -0.1) is 0 Å². The lowest BCUT2D eigenvalue weighted by atomic mass is 10.1. The molecule has 0 spiro atoms. The van der Waals surface area contributed by atoms with Crippen molar-refractivity contribution in [2.24, 2.45) is 5.92 Å². The van der Waals surface area contributed by atoms with Crippen LogP contribution in [0.15, 0.2) is 54.6 Å². The maximum absolute atomic E-state index is 12.8. The zero-order chi connectivity index (χ0) is 18.6. The molecule has 5 heteroatoms. The number of amides is 2. The highest BCUT2D eigenvalue weighted by Crippen LogP contribution is 2.30. The lowest BCUT2D eigenvalue weighted by molar-refractivity contribution is -0.128. The maximum Gasteiger partial charge on any atom is 0.229 e. The normalized spacial score (nSPS) is 19.6. The van der Waals surface area contributed by atoms with E-state index >= 15 is 0 Å². The minimum Gasteiger partial charge on any atom is -0.370 e. The van der Waals surface area contributed by atoms with Crippen LogP contribution in [0.5, 0.6) is 0 Å². The Bertz CT molecular complexity index is 815. The van der Waals surface area contributed by atoms with Crippen LogP contribution >= 0.6 is 0 Å². The second-order valence-corrected chi connectivity index (χ2v) is 7.36. The summed E-state index contributed by atoms with van der Waals surface area (Å²) >= 11 is 0. The van der Waals surface area contributed by atoms with Crippen LogP contribution in [0.3, 0.4) is 0 Å². The molecule has 2 aliphatic rings. The Morgan fingerprint density at radius 2 is 1.70 bits per heavy atom. The van der Waals surface area contributed by atoms with E-state index in [1.54, 1.807) is 4.90 Å². The van der Waals surface area contributed by atoms with Crippen molar-refractivity contribution < 1.29 is 9.59 Å². The Balaban J connectivity index is 1.41. The fraction of sp³-hybridized carbons (Fsp3) is 0.364. The standard InChI is InChI=1S/C22H25N3O2/c26-21-14-18(16-25(21)15-17-8-2-1-3-9-17)22(27)23-19-10-4-5-11-20(19)24-12-6-7-13-24/h1-5,8-11,18H,6-7,12-16H2,(H,23,27)/t18-/m1/s1. The predicted molar refractivity (Wildman–Crippen MR) is 106 cm³/mol. The number of anilines is 2. The van der Waals surface area contributed by atoms with Crippen molar-refractivity contribution in [3.63, 3.8) is 0 Å². The molecule has 0 bridgehead atoms. The van der Waals surface area contributed by atoms with Gasteiger partial charge >= 0.3 is 0 Å². The predicted octanol–water partition coefficient (Wildman–Crippen LogP) is 3.27. The van der Waals surface area contributed by atoms with Crippen LogP contribution in [-0.2, 0) is 16.1 Å². The van der Waals surface area contributed by atoms with Crippen LogP contribution < -0.4 is 10.2 Å². The van der Waals surface area contributed by atoms with E-state index in [-0.39, 0.29) is 24.2 Å². The molecule has 27 heavy (non-hydrogen) atoms. The molecule has 2 saturated heterocycles. The largest absolute Gasteiger partial charge is 0.370 e. The fourth-order valence-electron chi connectivity index (χ4n) is 3.95. The van der Waals surface area contributed by atoms with E-state index in [0.29, 0.717) is 13.1 Å². The van der Waals surface area contributed by atoms with Gasteiger partial charge in [0.05, 0.1) is 17.3 Å². The molecule has 1 N–H and O–H groups in total. The summed E-state index contributed by atoms with van der Waals surface area (Å²) in [5, 5.41) is 3.07. The Morgan fingerprint density at radius 1 is 1.00 bits per heavy atom. The number of likely N-dealkylation sites (tertiary alicyclic amines) is 1. The van der Waals surface area contributed by atoms with Gasteiger partial charge < -0.3 is 15.1 Å². The molecule has 1 atom stereocenters. The van der Waals surface area contributed by atoms with Crippen molar-refractivity contribution in [1.82, 2.24) is 4.90 Å².